The fraction of sp³-hybridized carbons (Fsp3) is 0.700. The van der Waals surface area contributed by atoms with E-state index in [0.717, 1.165) is 24.7 Å². The summed E-state index contributed by atoms with van der Waals surface area (Å²) in [4.78, 5) is 0. The molecule has 4 heteroatoms. The van der Waals surface area contributed by atoms with Gasteiger partial charge in [0.15, 0.2) is 11.6 Å². The summed E-state index contributed by atoms with van der Waals surface area (Å²) in [6.07, 6.45) is 4.99. The van der Waals surface area contributed by atoms with Gasteiger partial charge in [0.2, 0.25) is 0 Å². The molecule has 3 nitrogen and oxygen atoms in total. The van der Waals surface area contributed by atoms with Crippen molar-refractivity contribution in [2.24, 2.45) is 11.8 Å². The van der Waals surface area contributed by atoms with Crippen molar-refractivity contribution in [3.63, 3.8) is 0 Å². The number of nitrogens with two attached hydrogens (primary N) is 1. The molecule has 0 saturated heterocycles. The van der Waals surface area contributed by atoms with Gasteiger partial charge in [-0.3, -0.25) is 5.10 Å². The summed E-state index contributed by atoms with van der Waals surface area (Å²) in [5.41, 5.74) is 5.97. The molecule has 1 aromatic heterocycles. The number of aromatic nitrogens is 2. The molecule has 0 radical (unpaired) electrons. The van der Waals surface area contributed by atoms with Crippen molar-refractivity contribution >= 4 is 5.82 Å². The molecule has 1 heterocycles. The van der Waals surface area contributed by atoms with Crippen LogP contribution in [0, 0.1) is 17.7 Å². The van der Waals surface area contributed by atoms with Crippen molar-refractivity contribution in [3.05, 3.63) is 11.5 Å². The zero-order valence-corrected chi connectivity index (χ0v) is 7.96. The van der Waals surface area contributed by atoms with Crippen LogP contribution in [-0.4, -0.2) is 10.2 Å². The van der Waals surface area contributed by atoms with Crippen molar-refractivity contribution < 1.29 is 4.39 Å². The predicted octanol–water partition coefficient (Wildman–Crippen LogP) is 2.03. The highest BCUT2D eigenvalue weighted by molar-refractivity contribution is 5.34. The lowest BCUT2D eigenvalue weighted by molar-refractivity contribution is 0.224. The van der Waals surface area contributed by atoms with Gasteiger partial charge in [-0.15, -0.1) is 0 Å². The van der Waals surface area contributed by atoms with Gasteiger partial charge < -0.3 is 5.73 Å². The van der Waals surface area contributed by atoms with Crippen LogP contribution in [0.15, 0.2) is 0 Å². The maximum Gasteiger partial charge on any atom is 0.188 e. The van der Waals surface area contributed by atoms with Crippen LogP contribution >= 0.6 is 0 Å². The van der Waals surface area contributed by atoms with E-state index >= 15 is 0 Å². The van der Waals surface area contributed by atoms with Crippen LogP contribution in [0.4, 0.5) is 10.2 Å². The van der Waals surface area contributed by atoms with Gasteiger partial charge in [-0.2, -0.15) is 5.10 Å². The molecule has 76 valence electrons. The molecule has 2 fully saturated rings. The first-order valence-corrected chi connectivity index (χ1v) is 5.25. The SMILES string of the molecule is Nc1n[nH]c(C2CC(C3CC3)C2)c1F. The van der Waals surface area contributed by atoms with Gasteiger partial charge in [0.1, 0.15) is 0 Å². The van der Waals surface area contributed by atoms with Crippen molar-refractivity contribution in [1.29, 1.82) is 0 Å². The van der Waals surface area contributed by atoms with Crippen LogP contribution in [0.1, 0.15) is 37.3 Å². The van der Waals surface area contributed by atoms with Gasteiger partial charge in [0.05, 0.1) is 5.69 Å². The molecule has 0 amide bonds. The Labute approximate surface area is 81.9 Å². The largest absolute Gasteiger partial charge is 0.380 e. The molecule has 0 aromatic carbocycles. The van der Waals surface area contributed by atoms with Crippen LogP contribution in [0.25, 0.3) is 0 Å². The lowest BCUT2D eigenvalue weighted by Gasteiger charge is -2.34. The summed E-state index contributed by atoms with van der Waals surface area (Å²) < 4.78 is 13.4. The number of nitrogens with zero attached hydrogens (tertiary/aromatic N) is 1. The molecule has 0 bridgehead atoms. The maximum absolute atomic E-state index is 13.4. The summed E-state index contributed by atoms with van der Waals surface area (Å²) in [7, 11) is 0. The number of aromatic amines is 1. The third kappa shape index (κ3) is 1.13. The summed E-state index contributed by atoms with van der Waals surface area (Å²) >= 11 is 0. The molecule has 3 N–H and O–H groups in total. The second kappa shape index (κ2) is 2.72. The normalized spacial score (nSPS) is 31.5. The predicted molar refractivity (Wildman–Crippen MR) is 51.1 cm³/mol. The Balaban J connectivity index is 1.70. The Hall–Kier alpha value is -1.06. The van der Waals surface area contributed by atoms with E-state index in [-0.39, 0.29) is 11.6 Å². The van der Waals surface area contributed by atoms with Crippen molar-refractivity contribution in [1.82, 2.24) is 10.2 Å². The minimum absolute atomic E-state index is 0.00914. The standard InChI is InChI=1S/C10H14FN3/c11-8-9(13-14-10(8)12)7-3-6(4-7)5-1-2-5/h5-7H,1-4H2,(H3,12,13,14). The number of hydrogen-bond acceptors (Lipinski definition) is 2. The molecule has 2 saturated carbocycles. The Morgan fingerprint density at radius 1 is 1.29 bits per heavy atom. The molecular formula is C10H14FN3. The highest BCUT2D eigenvalue weighted by Gasteiger charge is 2.42. The van der Waals surface area contributed by atoms with Gasteiger partial charge in [-0.25, -0.2) is 4.39 Å². The van der Waals surface area contributed by atoms with E-state index in [1.54, 1.807) is 0 Å². The van der Waals surface area contributed by atoms with E-state index in [4.69, 9.17) is 5.73 Å². The molecule has 0 aliphatic heterocycles. The summed E-state index contributed by atoms with van der Waals surface area (Å²) in [6, 6.07) is 0. The minimum Gasteiger partial charge on any atom is -0.380 e. The Bertz CT molecular complexity index is 350. The van der Waals surface area contributed by atoms with Gasteiger partial charge in [0, 0.05) is 5.92 Å². The average molecular weight is 195 g/mol. The maximum atomic E-state index is 13.4. The molecule has 2 aliphatic rings. The lowest BCUT2D eigenvalue weighted by Crippen LogP contribution is -2.24. The highest BCUT2D eigenvalue weighted by atomic mass is 19.1. The minimum atomic E-state index is -0.329. The van der Waals surface area contributed by atoms with E-state index < -0.39 is 0 Å². The van der Waals surface area contributed by atoms with Gasteiger partial charge in [-0.05, 0) is 37.5 Å². The van der Waals surface area contributed by atoms with Crippen molar-refractivity contribution in [2.45, 2.75) is 31.6 Å². The van der Waals surface area contributed by atoms with E-state index in [9.17, 15) is 4.39 Å². The zero-order valence-electron chi connectivity index (χ0n) is 7.96. The first-order valence-electron chi connectivity index (χ1n) is 5.25. The molecular weight excluding hydrogens is 181 g/mol. The first-order chi connectivity index (χ1) is 6.75. The second-order valence-electron chi connectivity index (χ2n) is 4.60. The van der Waals surface area contributed by atoms with E-state index in [2.05, 4.69) is 10.2 Å². The van der Waals surface area contributed by atoms with E-state index in [1.165, 1.54) is 12.8 Å². The quantitative estimate of drug-likeness (QED) is 0.758. The highest BCUT2D eigenvalue weighted by Crippen LogP contribution is 2.53. The van der Waals surface area contributed by atoms with Gasteiger partial charge in [0.25, 0.3) is 0 Å². The second-order valence-corrected chi connectivity index (χ2v) is 4.60. The molecule has 1 aromatic rings. The summed E-state index contributed by atoms with van der Waals surface area (Å²) in [5.74, 6) is 1.79. The first kappa shape index (κ1) is 8.26. The number of nitrogen functional groups attached to an aromatic ring is 1. The van der Waals surface area contributed by atoms with Crippen LogP contribution in [0.3, 0.4) is 0 Å². The van der Waals surface area contributed by atoms with Crippen LogP contribution in [0.5, 0.6) is 0 Å². The molecule has 0 atom stereocenters. The summed E-state index contributed by atoms with van der Waals surface area (Å²) in [5, 5.41) is 6.39. The van der Waals surface area contributed by atoms with Crippen molar-refractivity contribution in [2.75, 3.05) is 5.73 Å². The zero-order chi connectivity index (χ0) is 9.71. The van der Waals surface area contributed by atoms with Crippen molar-refractivity contribution in [3.8, 4) is 0 Å². The van der Waals surface area contributed by atoms with Crippen LogP contribution in [-0.2, 0) is 0 Å². The molecule has 2 aliphatic carbocycles. The number of hydrogen-bond donors (Lipinski definition) is 2. The molecule has 14 heavy (non-hydrogen) atoms. The van der Waals surface area contributed by atoms with Gasteiger partial charge in [-0.1, -0.05) is 0 Å². The third-order valence-corrected chi connectivity index (χ3v) is 3.63. The topological polar surface area (TPSA) is 54.7 Å². The number of nitrogens with one attached hydrogen (secondary N) is 1. The fourth-order valence-electron chi connectivity index (χ4n) is 2.48. The number of anilines is 1. The molecule has 0 unspecified atom stereocenters. The summed E-state index contributed by atoms with van der Waals surface area (Å²) in [6.45, 7) is 0. The molecule has 3 rings (SSSR count). The number of H-pyrrole nitrogens is 1. The Morgan fingerprint density at radius 2 is 2.00 bits per heavy atom. The number of halogens is 1. The third-order valence-electron chi connectivity index (χ3n) is 3.63. The van der Waals surface area contributed by atoms with E-state index in [0.29, 0.717) is 11.6 Å². The number of rotatable bonds is 2. The fourth-order valence-corrected chi connectivity index (χ4v) is 2.48. The lowest BCUT2D eigenvalue weighted by atomic mass is 9.71. The molecule has 0 spiro atoms. The average Bonchev–Trinajstić information content (AvgIpc) is 2.85. The smallest absolute Gasteiger partial charge is 0.188 e. The van der Waals surface area contributed by atoms with E-state index in [1.807, 2.05) is 0 Å². The van der Waals surface area contributed by atoms with Crippen LogP contribution in [0.2, 0.25) is 0 Å². The van der Waals surface area contributed by atoms with Gasteiger partial charge >= 0.3 is 0 Å². The Morgan fingerprint density at radius 3 is 2.50 bits per heavy atom. The van der Waals surface area contributed by atoms with Crippen LogP contribution < -0.4 is 5.73 Å². The monoisotopic (exact) mass is 195 g/mol. The Kier molecular flexibility index (Phi) is 1.60.